The molecule has 31 heavy (non-hydrogen) atoms. The van der Waals surface area contributed by atoms with E-state index in [4.69, 9.17) is 26.2 Å². The number of carboxylic acid groups (broad SMARTS) is 1. The van der Waals surface area contributed by atoms with Crippen molar-refractivity contribution in [3.63, 3.8) is 0 Å². The molecule has 2 aliphatic heterocycles. The molecule has 0 amide bonds. The summed E-state index contributed by atoms with van der Waals surface area (Å²) >= 11 is 6.44. The Morgan fingerprint density at radius 2 is 2.03 bits per heavy atom. The predicted octanol–water partition coefficient (Wildman–Crippen LogP) is 5.24. The van der Waals surface area contributed by atoms with Crippen molar-refractivity contribution in [3.05, 3.63) is 58.1 Å². The molecule has 0 radical (unpaired) electrons. The minimum atomic E-state index is -0.736. The molecule has 0 saturated carbocycles. The third-order valence-electron chi connectivity index (χ3n) is 6.64. The van der Waals surface area contributed by atoms with Gasteiger partial charge >= 0.3 is 5.97 Å². The van der Waals surface area contributed by atoms with Crippen LogP contribution in [0.3, 0.4) is 0 Å². The Morgan fingerprint density at radius 1 is 1.26 bits per heavy atom. The van der Waals surface area contributed by atoms with Crippen LogP contribution in [0.1, 0.15) is 55.7 Å². The second-order valence-electron chi connectivity index (χ2n) is 8.96. The van der Waals surface area contributed by atoms with Crippen LogP contribution in [0.15, 0.2) is 36.4 Å². The Morgan fingerprint density at radius 3 is 2.74 bits per heavy atom. The third kappa shape index (κ3) is 4.68. The average molecular weight is 444 g/mol. The van der Waals surface area contributed by atoms with E-state index in [1.54, 1.807) is 0 Å². The topological polar surface area (TPSA) is 59.0 Å². The second kappa shape index (κ2) is 9.09. The number of rotatable bonds is 7. The molecule has 1 N–H and O–H groups in total. The predicted molar refractivity (Wildman–Crippen MR) is 121 cm³/mol. The van der Waals surface area contributed by atoms with Crippen LogP contribution in [0.4, 0.5) is 0 Å². The van der Waals surface area contributed by atoms with Gasteiger partial charge in [-0.25, -0.2) is 0 Å². The van der Waals surface area contributed by atoms with E-state index in [0.29, 0.717) is 25.7 Å². The van der Waals surface area contributed by atoms with Crippen LogP contribution in [0.5, 0.6) is 11.5 Å². The maximum absolute atomic E-state index is 10.8. The standard InChI is InChI=1S/C25H30ClNO4/c1-17(2)19-4-3-5-22(26)20(19)15-30-18-6-7-21-23(14-18)31-16-25(21)9-12-27(13-10-25)11-8-24(28)29/h3-7,14,17H,8-13,15-16H2,1-2H3,(H,28,29). The van der Waals surface area contributed by atoms with Gasteiger partial charge in [0, 0.05) is 34.2 Å². The largest absolute Gasteiger partial charge is 0.492 e. The van der Waals surface area contributed by atoms with Crippen molar-refractivity contribution in [2.75, 3.05) is 26.2 Å². The molecular formula is C25H30ClNO4. The Hall–Kier alpha value is -2.24. The fourth-order valence-electron chi connectivity index (χ4n) is 4.74. The highest BCUT2D eigenvalue weighted by Crippen LogP contribution is 2.46. The van der Waals surface area contributed by atoms with Crippen LogP contribution >= 0.6 is 11.6 Å². The zero-order chi connectivity index (χ0) is 22.0. The number of piperidine rings is 1. The maximum Gasteiger partial charge on any atom is 0.304 e. The van der Waals surface area contributed by atoms with Gasteiger partial charge in [-0.3, -0.25) is 4.79 Å². The molecular weight excluding hydrogens is 414 g/mol. The van der Waals surface area contributed by atoms with Crippen molar-refractivity contribution >= 4 is 17.6 Å². The first-order chi connectivity index (χ1) is 14.9. The summed E-state index contributed by atoms with van der Waals surface area (Å²) in [5.74, 6) is 1.32. The van der Waals surface area contributed by atoms with Crippen molar-refractivity contribution in [2.24, 2.45) is 0 Å². The van der Waals surface area contributed by atoms with Crippen LogP contribution in [0.25, 0.3) is 0 Å². The zero-order valence-corrected chi connectivity index (χ0v) is 19.0. The highest BCUT2D eigenvalue weighted by Gasteiger charge is 2.43. The molecule has 2 aromatic carbocycles. The summed E-state index contributed by atoms with van der Waals surface area (Å²) in [6.45, 7) is 7.84. The Bertz CT molecular complexity index is 951. The second-order valence-corrected chi connectivity index (χ2v) is 9.37. The number of benzene rings is 2. The van der Waals surface area contributed by atoms with E-state index in [1.807, 2.05) is 24.3 Å². The zero-order valence-electron chi connectivity index (χ0n) is 18.2. The molecule has 0 unspecified atom stereocenters. The number of ether oxygens (including phenoxy) is 2. The Labute approximate surface area is 188 Å². The fraction of sp³-hybridized carbons (Fsp3) is 0.480. The number of aliphatic carboxylic acids is 1. The first-order valence-corrected chi connectivity index (χ1v) is 11.4. The number of halogens is 1. The fourth-order valence-corrected chi connectivity index (χ4v) is 4.98. The SMILES string of the molecule is CC(C)c1cccc(Cl)c1COc1ccc2c(c1)OCC21CCN(CCC(=O)O)CC1. The molecule has 0 aromatic heterocycles. The van der Waals surface area contributed by atoms with Gasteiger partial charge in [-0.1, -0.05) is 43.6 Å². The number of carboxylic acids is 1. The summed E-state index contributed by atoms with van der Waals surface area (Å²) in [7, 11) is 0. The molecule has 5 nitrogen and oxygen atoms in total. The van der Waals surface area contributed by atoms with Gasteiger partial charge in [0.2, 0.25) is 0 Å². The first kappa shape index (κ1) is 22.0. The van der Waals surface area contributed by atoms with Gasteiger partial charge < -0.3 is 19.5 Å². The minimum Gasteiger partial charge on any atom is -0.492 e. The Kier molecular flexibility index (Phi) is 6.44. The maximum atomic E-state index is 10.8. The highest BCUT2D eigenvalue weighted by molar-refractivity contribution is 6.31. The van der Waals surface area contributed by atoms with E-state index < -0.39 is 5.97 Å². The van der Waals surface area contributed by atoms with Crippen molar-refractivity contribution < 1.29 is 19.4 Å². The van der Waals surface area contributed by atoms with Crippen molar-refractivity contribution in [3.8, 4) is 11.5 Å². The first-order valence-electron chi connectivity index (χ1n) is 11.0. The van der Waals surface area contributed by atoms with Gasteiger partial charge in [-0.05, 0) is 49.5 Å². The van der Waals surface area contributed by atoms with Crippen molar-refractivity contribution in [1.29, 1.82) is 0 Å². The molecule has 6 heteroatoms. The van der Waals surface area contributed by atoms with Crippen LogP contribution < -0.4 is 9.47 Å². The minimum absolute atomic E-state index is 0.0289. The smallest absolute Gasteiger partial charge is 0.304 e. The number of hydrogen-bond donors (Lipinski definition) is 1. The summed E-state index contributed by atoms with van der Waals surface area (Å²) in [6.07, 6.45) is 2.17. The van der Waals surface area contributed by atoms with E-state index in [9.17, 15) is 4.79 Å². The van der Waals surface area contributed by atoms with E-state index >= 15 is 0 Å². The third-order valence-corrected chi connectivity index (χ3v) is 7.00. The molecule has 1 fully saturated rings. The van der Waals surface area contributed by atoms with Gasteiger partial charge in [-0.2, -0.15) is 0 Å². The van der Waals surface area contributed by atoms with Crippen LogP contribution in [0.2, 0.25) is 5.02 Å². The lowest BCUT2D eigenvalue weighted by Gasteiger charge is -2.38. The molecule has 0 atom stereocenters. The van der Waals surface area contributed by atoms with Gasteiger partial charge in [0.1, 0.15) is 18.1 Å². The monoisotopic (exact) mass is 443 g/mol. The highest BCUT2D eigenvalue weighted by atomic mass is 35.5. The molecule has 1 saturated heterocycles. The van der Waals surface area contributed by atoms with Gasteiger partial charge in [0.15, 0.2) is 0 Å². The van der Waals surface area contributed by atoms with Crippen molar-refractivity contribution in [2.45, 2.75) is 51.0 Å². The molecule has 0 bridgehead atoms. The van der Waals surface area contributed by atoms with Gasteiger partial charge in [0.25, 0.3) is 0 Å². The van der Waals surface area contributed by atoms with Gasteiger partial charge in [-0.15, -0.1) is 0 Å². The molecule has 0 aliphatic carbocycles. The molecule has 2 heterocycles. The summed E-state index contributed by atoms with van der Waals surface area (Å²) in [5, 5.41) is 9.65. The van der Waals surface area contributed by atoms with E-state index in [1.165, 1.54) is 11.1 Å². The average Bonchev–Trinajstić information content (AvgIpc) is 3.09. The molecule has 166 valence electrons. The summed E-state index contributed by atoms with van der Waals surface area (Å²) in [4.78, 5) is 13.1. The number of nitrogens with zero attached hydrogens (tertiary/aromatic N) is 1. The normalized spacial score (nSPS) is 17.5. The molecule has 2 aromatic rings. The van der Waals surface area contributed by atoms with Crippen LogP contribution in [0, 0.1) is 0 Å². The molecule has 1 spiro atoms. The van der Waals surface area contributed by atoms with E-state index in [0.717, 1.165) is 48.0 Å². The van der Waals surface area contributed by atoms with Gasteiger partial charge in [0.05, 0.1) is 13.0 Å². The lowest BCUT2D eigenvalue weighted by Crippen LogP contribution is -2.44. The quantitative estimate of drug-likeness (QED) is 0.633. The lowest BCUT2D eigenvalue weighted by molar-refractivity contribution is -0.137. The molecule has 2 aliphatic rings. The molecule has 4 rings (SSSR count). The van der Waals surface area contributed by atoms with E-state index in [2.05, 4.69) is 30.9 Å². The van der Waals surface area contributed by atoms with Crippen LogP contribution in [-0.2, 0) is 16.8 Å². The summed E-state index contributed by atoms with van der Waals surface area (Å²) < 4.78 is 12.2. The number of carbonyl (C=O) groups is 1. The van der Waals surface area contributed by atoms with E-state index in [-0.39, 0.29) is 11.8 Å². The number of fused-ring (bicyclic) bond motifs is 2. The summed E-state index contributed by atoms with van der Waals surface area (Å²) in [5.41, 5.74) is 3.52. The number of hydrogen-bond acceptors (Lipinski definition) is 4. The lowest BCUT2D eigenvalue weighted by atomic mass is 9.74. The summed E-state index contributed by atoms with van der Waals surface area (Å²) in [6, 6.07) is 12.2. The van der Waals surface area contributed by atoms with Crippen molar-refractivity contribution in [1.82, 2.24) is 4.90 Å². The van der Waals surface area contributed by atoms with Crippen LogP contribution in [-0.4, -0.2) is 42.2 Å². The number of likely N-dealkylation sites (tertiary alicyclic amines) is 1. The Balaban J connectivity index is 1.43.